The molecule has 2 atom stereocenters. The standard InChI is InChI=1S/C43H51I/c1-10-30-18-20-31(21-19-30)36-24-25-43(8)27-32(22-23-38(43)41(36,4)5)40(44-9)34-17-12-11-16-33(34)39-37(42(39,6)7)26-35-28(2)14-13-15-29(35)3/h11-21,23-24,32H,10,22,25-27H2,1-9H3/t32-,43-/m1/s1. The van der Waals surface area contributed by atoms with Crippen LogP contribution in [0.3, 0.4) is 0 Å². The third kappa shape index (κ3) is 5.36. The molecule has 3 aromatic rings. The highest BCUT2D eigenvalue weighted by atomic mass is 127. The fraction of sp³-hybridized carbons (Fsp3) is 0.419. The van der Waals surface area contributed by atoms with Gasteiger partial charge >= 0.3 is 0 Å². The Hall–Kier alpha value is -2.52. The predicted octanol–water partition coefficient (Wildman–Crippen LogP) is 11.9. The van der Waals surface area contributed by atoms with Crippen molar-refractivity contribution in [2.75, 3.05) is 4.93 Å². The van der Waals surface area contributed by atoms with E-state index in [1.807, 2.05) is 0 Å². The van der Waals surface area contributed by atoms with E-state index in [2.05, 4.69) is 139 Å². The maximum atomic E-state index is 2.68. The summed E-state index contributed by atoms with van der Waals surface area (Å²) in [7, 11) is 0. The van der Waals surface area contributed by atoms with Gasteiger partial charge in [0.05, 0.1) is 0 Å². The number of fused-ring (bicyclic) bond motifs is 1. The van der Waals surface area contributed by atoms with Gasteiger partial charge < -0.3 is 0 Å². The molecule has 3 aliphatic carbocycles. The minimum absolute atomic E-state index is 0.0521. The minimum atomic E-state index is -0.0567. The van der Waals surface area contributed by atoms with Gasteiger partial charge in [0.1, 0.15) is 0 Å². The van der Waals surface area contributed by atoms with Gasteiger partial charge in [-0.25, -0.2) is 0 Å². The molecule has 0 aromatic heterocycles. The van der Waals surface area contributed by atoms with E-state index in [1.165, 1.54) is 51.8 Å². The Morgan fingerprint density at radius 1 is 0.818 bits per heavy atom. The molecule has 230 valence electrons. The Kier molecular flexibility index (Phi) is 8.36. The fourth-order valence-electron chi connectivity index (χ4n) is 8.81. The Morgan fingerprint density at radius 2 is 1.50 bits per heavy atom. The van der Waals surface area contributed by atoms with Gasteiger partial charge in [-0.2, -0.15) is 0 Å². The molecule has 0 radical (unpaired) electrons. The van der Waals surface area contributed by atoms with Crippen LogP contribution in [0.5, 0.6) is 0 Å². The van der Waals surface area contributed by atoms with Crippen LogP contribution in [-0.4, -0.2) is 8.44 Å². The number of rotatable bonds is 7. The molecule has 6 rings (SSSR count). The maximum absolute atomic E-state index is 2.68. The molecule has 0 saturated carbocycles. The summed E-state index contributed by atoms with van der Waals surface area (Å²) < 4.78 is 1.76. The second-order valence-electron chi connectivity index (χ2n) is 14.9. The maximum Gasteiger partial charge on any atom is 0.0121 e. The van der Waals surface area contributed by atoms with Crippen molar-refractivity contribution in [2.24, 2.45) is 22.2 Å². The molecule has 0 heterocycles. The quantitative estimate of drug-likeness (QED) is 0.131. The summed E-state index contributed by atoms with van der Waals surface area (Å²) in [5, 5.41) is 0. The molecule has 0 fully saturated rings. The summed E-state index contributed by atoms with van der Waals surface area (Å²) >= 11 is -0.0567. The lowest BCUT2D eigenvalue weighted by Crippen LogP contribution is -2.39. The molecule has 0 saturated heterocycles. The number of aryl methyl sites for hydroxylation is 3. The normalized spacial score (nSPS) is 24.2. The number of alkyl halides is 1. The Labute approximate surface area is 277 Å². The molecular weight excluding hydrogens is 643 g/mol. The number of benzene rings is 3. The smallest absolute Gasteiger partial charge is 0.0121 e. The lowest BCUT2D eigenvalue weighted by molar-refractivity contribution is 0.258. The van der Waals surface area contributed by atoms with Gasteiger partial charge in [-0.1, -0.05) is 132 Å². The highest BCUT2D eigenvalue weighted by Gasteiger charge is 2.48. The largest absolute Gasteiger partial charge is 0.122 e. The summed E-state index contributed by atoms with van der Waals surface area (Å²) in [6.07, 6.45) is 11.0. The average molecular weight is 695 g/mol. The number of allylic oxidation sites excluding steroid dienone is 6. The zero-order valence-corrected chi connectivity index (χ0v) is 30.7. The van der Waals surface area contributed by atoms with Crippen molar-refractivity contribution < 1.29 is 0 Å². The molecule has 0 amide bonds. The van der Waals surface area contributed by atoms with Crippen molar-refractivity contribution in [3.05, 3.63) is 129 Å². The molecule has 3 aliphatic rings. The second-order valence-corrected chi connectivity index (χ2v) is 17.2. The van der Waals surface area contributed by atoms with Gasteiger partial charge in [-0.15, -0.1) is 20.7 Å². The first-order chi connectivity index (χ1) is 20.9. The fourth-order valence-corrected chi connectivity index (χ4v) is 11.2. The summed E-state index contributed by atoms with van der Waals surface area (Å²) in [5.74, 6) is 0.627. The van der Waals surface area contributed by atoms with E-state index >= 15 is 0 Å². The lowest BCUT2D eigenvalue weighted by Gasteiger charge is -2.50. The van der Waals surface area contributed by atoms with Crippen LogP contribution in [0.2, 0.25) is 0 Å². The molecule has 0 nitrogen and oxygen atoms in total. The van der Waals surface area contributed by atoms with Crippen LogP contribution in [0, 0.1) is 36.0 Å². The van der Waals surface area contributed by atoms with E-state index in [9.17, 15) is 0 Å². The first kappa shape index (κ1) is 31.5. The van der Waals surface area contributed by atoms with Crippen LogP contribution in [0.1, 0.15) is 99.7 Å². The van der Waals surface area contributed by atoms with Gasteiger partial charge in [0.2, 0.25) is 0 Å². The molecule has 0 aliphatic heterocycles. The lowest BCUT2D eigenvalue weighted by atomic mass is 9.54. The molecule has 0 bridgehead atoms. The van der Waals surface area contributed by atoms with E-state index in [0.29, 0.717) is 5.92 Å². The summed E-state index contributed by atoms with van der Waals surface area (Å²) in [5.41, 5.74) is 17.1. The first-order valence-electron chi connectivity index (χ1n) is 16.7. The van der Waals surface area contributed by atoms with Crippen LogP contribution >= 0.6 is 20.7 Å². The van der Waals surface area contributed by atoms with Crippen molar-refractivity contribution in [1.82, 2.24) is 0 Å². The first-order valence-corrected chi connectivity index (χ1v) is 19.9. The molecule has 0 spiro atoms. The highest BCUT2D eigenvalue weighted by Crippen LogP contribution is 2.61. The Morgan fingerprint density at radius 3 is 2.16 bits per heavy atom. The zero-order chi connectivity index (χ0) is 31.4. The van der Waals surface area contributed by atoms with Gasteiger partial charge in [-0.05, 0) is 116 Å². The minimum Gasteiger partial charge on any atom is -0.122 e. The summed E-state index contributed by atoms with van der Waals surface area (Å²) in [6, 6.07) is 25.5. The topological polar surface area (TPSA) is 0 Å². The van der Waals surface area contributed by atoms with E-state index in [1.54, 1.807) is 25.8 Å². The molecule has 3 aromatic carbocycles. The highest BCUT2D eigenvalue weighted by molar-refractivity contribution is 14.2. The Bertz CT molecular complexity index is 1700. The number of hydrogen-bond donors (Lipinski definition) is 0. The number of halogens is 1. The van der Waals surface area contributed by atoms with E-state index in [0.717, 1.165) is 19.3 Å². The molecule has 0 unspecified atom stereocenters. The van der Waals surface area contributed by atoms with Crippen molar-refractivity contribution in [1.29, 1.82) is 0 Å². The van der Waals surface area contributed by atoms with Crippen LogP contribution < -0.4 is 0 Å². The van der Waals surface area contributed by atoms with Crippen LogP contribution in [-0.2, 0) is 12.8 Å². The average Bonchev–Trinajstić information content (AvgIpc) is 3.54. The molecule has 44 heavy (non-hydrogen) atoms. The third-order valence-electron chi connectivity index (χ3n) is 11.4. The van der Waals surface area contributed by atoms with Crippen molar-refractivity contribution in [2.45, 2.75) is 87.5 Å². The predicted molar refractivity (Wildman–Crippen MR) is 202 cm³/mol. The third-order valence-corrected chi connectivity index (χ3v) is 14.0. The van der Waals surface area contributed by atoms with Gasteiger partial charge in [0.25, 0.3) is 0 Å². The van der Waals surface area contributed by atoms with Gasteiger partial charge in [0.15, 0.2) is 0 Å². The monoisotopic (exact) mass is 694 g/mol. The van der Waals surface area contributed by atoms with Gasteiger partial charge in [0, 0.05) is 10.8 Å². The van der Waals surface area contributed by atoms with Crippen molar-refractivity contribution in [3.8, 4) is 0 Å². The van der Waals surface area contributed by atoms with Crippen LogP contribution in [0.4, 0.5) is 0 Å². The number of hydrogen-bond acceptors (Lipinski definition) is 0. The second kappa shape index (κ2) is 11.7. The zero-order valence-electron chi connectivity index (χ0n) is 28.5. The van der Waals surface area contributed by atoms with E-state index in [4.69, 9.17) is 0 Å². The molecule has 0 N–H and O–H groups in total. The summed E-state index contributed by atoms with van der Waals surface area (Å²) in [6.45, 7) is 19.2. The van der Waals surface area contributed by atoms with Crippen LogP contribution in [0.15, 0.2) is 90.0 Å². The summed E-state index contributed by atoms with van der Waals surface area (Å²) in [4.78, 5) is 2.50. The van der Waals surface area contributed by atoms with Crippen molar-refractivity contribution in [3.63, 3.8) is 0 Å². The van der Waals surface area contributed by atoms with Crippen molar-refractivity contribution >= 4 is 35.4 Å². The van der Waals surface area contributed by atoms with E-state index in [-0.39, 0.29) is 37.0 Å². The van der Waals surface area contributed by atoms with Gasteiger partial charge in [-0.3, -0.25) is 0 Å². The molecule has 1 heteroatoms. The Balaban J connectivity index is 1.31. The SMILES string of the molecule is CCc1ccc(C2=CC[C@]3(C)C[C@H](C(=IC)c4ccccc4C4=C(Cc5c(C)cccc5C)C4(C)C)CC=C3C2(C)C)cc1. The van der Waals surface area contributed by atoms with E-state index < -0.39 is 0 Å². The van der Waals surface area contributed by atoms with Crippen LogP contribution in [0.25, 0.3) is 11.1 Å². The molecular formula is C43H51I.